The van der Waals surface area contributed by atoms with E-state index in [1.54, 1.807) is 32.2 Å². The number of fused-ring (bicyclic) bond motifs is 1. The molecule has 0 saturated heterocycles. The van der Waals surface area contributed by atoms with Gasteiger partial charge in [-0.05, 0) is 48.1 Å². The van der Waals surface area contributed by atoms with Gasteiger partial charge in [0.25, 0.3) is 0 Å². The van der Waals surface area contributed by atoms with E-state index in [0.717, 1.165) is 30.4 Å². The molecule has 0 spiro atoms. The summed E-state index contributed by atoms with van der Waals surface area (Å²) in [7, 11) is 1.44. The normalized spacial score (nSPS) is 18.6. The first-order chi connectivity index (χ1) is 19.0. The summed E-state index contributed by atoms with van der Waals surface area (Å²) in [6.07, 6.45) is 4.67. The number of amides is 1. The molecule has 10 nitrogen and oxygen atoms in total. The van der Waals surface area contributed by atoms with Crippen molar-refractivity contribution >= 4 is 28.0 Å². The minimum Gasteiger partial charge on any atom is -0.496 e. The van der Waals surface area contributed by atoms with Gasteiger partial charge < -0.3 is 9.64 Å². The molecule has 1 heterocycles. The van der Waals surface area contributed by atoms with Gasteiger partial charge in [0.05, 0.1) is 23.8 Å². The molecular formula is C29H38N2O8S. The average Bonchev–Trinajstić information content (AvgIpc) is 3.03. The van der Waals surface area contributed by atoms with Gasteiger partial charge in [0.2, 0.25) is 5.91 Å². The number of carbonyl (C=O) groups is 1. The van der Waals surface area contributed by atoms with Crippen molar-refractivity contribution in [1.29, 1.82) is 0 Å². The summed E-state index contributed by atoms with van der Waals surface area (Å²) < 4.78 is 33.4. The highest BCUT2D eigenvalue weighted by molar-refractivity contribution is 7.91. The maximum absolute atomic E-state index is 13.8. The predicted octanol–water partition coefficient (Wildman–Crippen LogP) is 3.35. The molecule has 218 valence electrons. The molecule has 0 aromatic heterocycles. The summed E-state index contributed by atoms with van der Waals surface area (Å²) in [5, 5.41) is 3.78. The van der Waals surface area contributed by atoms with Crippen LogP contribution in [-0.2, 0) is 40.2 Å². The SMILES string of the molecule is CCCC[C@]1(CC)CS(=O)(=O)c2cc(CCC(=O)N(C)C)c(OC)cc2[C@@H](c2ccccc2)N1.O=C=O.O=C=O. The van der Waals surface area contributed by atoms with E-state index < -0.39 is 15.4 Å². The fourth-order valence-electron chi connectivity index (χ4n) is 4.78. The first-order valence-electron chi connectivity index (χ1n) is 12.9. The largest absolute Gasteiger partial charge is 0.496 e. The van der Waals surface area contributed by atoms with Crippen LogP contribution in [0.1, 0.15) is 68.7 Å². The van der Waals surface area contributed by atoms with Gasteiger partial charge in [-0.3, -0.25) is 10.1 Å². The van der Waals surface area contributed by atoms with Crippen molar-refractivity contribution in [3.8, 4) is 5.75 Å². The van der Waals surface area contributed by atoms with Gasteiger partial charge >= 0.3 is 12.3 Å². The van der Waals surface area contributed by atoms with Crippen LogP contribution in [0.5, 0.6) is 5.75 Å². The van der Waals surface area contributed by atoms with Crippen LogP contribution in [0.25, 0.3) is 0 Å². The van der Waals surface area contributed by atoms with Crippen LogP contribution in [0, 0.1) is 0 Å². The number of methoxy groups -OCH3 is 1. The molecule has 1 amide bonds. The Kier molecular flexibility index (Phi) is 14.2. The summed E-state index contributed by atoms with van der Waals surface area (Å²) >= 11 is 0. The molecule has 0 radical (unpaired) electrons. The van der Waals surface area contributed by atoms with Crippen molar-refractivity contribution in [2.75, 3.05) is 27.0 Å². The number of hydrogen-bond donors (Lipinski definition) is 1. The third-order valence-corrected chi connectivity index (χ3v) is 8.86. The fourth-order valence-corrected chi connectivity index (χ4v) is 6.95. The van der Waals surface area contributed by atoms with E-state index in [0.29, 0.717) is 29.1 Å². The zero-order chi connectivity index (χ0) is 30.3. The molecule has 0 fully saturated rings. The molecule has 2 aromatic carbocycles. The molecule has 3 rings (SSSR count). The standard InChI is InChI=1S/C27H38N2O4S.2CO2/c1-6-8-16-27(7-2)19-34(31,32)24-17-21(14-15-25(30)29(3)4)23(33-5)18-22(24)26(28-27)20-12-10-9-11-13-20;2*2-1-3/h9-13,17-18,26,28H,6-8,14-16,19H2,1-5H3;;/t26-,27-;;/m1../s1. The second-order valence-electron chi connectivity index (χ2n) is 9.64. The number of rotatable bonds is 9. The summed E-state index contributed by atoms with van der Waals surface area (Å²) in [4.78, 5) is 46.6. The summed E-state index contributed by atoms with van der Waals surface area (Å²) in [5.41, 5.74) is 1.94. The molecule has 0 unspecified atom stereocenters. The molecule has 2 aromatic rings. The van der Waals surface area contributed by atoms with E-state index in [4.69, 9.17) is 23.9 Å². The molecule has 0 bridgehead atoms. The lowest BCUT2D eigenvalue weighted by Crippen LogP contribution is -2.50. The monoisotopic (exact) mass is 574 g/mol. The number of ether oxygens (including phenoxy) is 1. The van der Waals surface area contributed by atoms with Gasteiger partial charge in [-0.15, -0.1) is 0 Å². The Labute approximate surface area is 236 Å². The third kappa shape index (κ3) is 9.24. The van der Waals surface area contributed by atoms with Gasteiger partial charge in [0.15, 0.2) is 9.84 Å². The van der Waals surface area contributed by atoms with E-state index in [9.17, 15) is 13.2 Å². The highest BCUT2D eigenvalue weighted by Gasteiger charge is 2.42. The highest BCUT2D eigenvalue weighted by Crippen LogP contribution is 2.41. The van der Waals surface area contributed by atoms with E-state index >= 15 is 0 Å². The minimum absolute atomic E-state index is 0.00625. The Morgan fingerprint density at radius 2 is 1.68 bits per heavy atom. The maximum Gasteiger partial charge on any atom is 0.373 e. The average molecular weight is 575 g/mol. The number of nitrogens with one attached hydrogen (secondary N) is 1. The smallest absolute Gasteiger partial charge is 0.373 e. The Balaban J connectivity index is 0.00000122. The quantitative estimate of drug-likeness (QED) is 0.477. The highest BCUT2D eigenvalue weighted by atomic mass is 32.2. The van der Waals surface area contributed by atoms with Crippen LogP contribution in [-0.4, -0.2) is 64.0 Å². The molecule has 0 saturated carbocycles. The number of nitrogens with zero attached hydrogens (tertiary/aromatic N) is 1. The second-order valence-corrected chi connectivity index (χ2v) is 11.6. The number of carbonyl (C=O) groups excluding carboxylic acids is 5. The Morgan fingerprint density at radius 3 is 2.17 bits per heavy atom. The molecule has 0 aliphatic carbocycles. The van der Waals surface area contributed by atoms with Crippen molar-refractivity contribution in [3.05, 3.63) is 59.2 Å². The molecular weight excluding hydrogens is 536 g/mol. The van der Waals surface area contributed by atoms with E-state index in [1.165, 1.54) is 0 Å². The zero-order valence-corrected chi connectivity index (χ0v) is 24.5. The van der Waals surface area contributed by atoms with Crippen molar-refractivity contribution < 1.29 is 37.1 Å². The van der Waals surface area contributed by atoms with Crippen LogP contribution in [0.4, 0.5) is 0 Å². The third-order valence-electron chi connectivity index (χ3n) is 6.90. The lowest BCUT2D eigenvalue weighted by Gasteiger charge is -2.36. The van der Waals surface area contributed by atoms with E-state index in [1.807, 2.05) is 36.4 Å². The van der Waals surface area contributed by atoms with Crippen LogP contribution < -0.4 is 10.1 Å². The van der Waals surface area contributed by atoms with Crippen LogP contribution in [0.15, 0.2) is 47.4 Å². The Hall–Kier alpha value is -3.62. The second kappa shape index (κ2) is 16.5. The molecule has 1 aliphatic rings. The minimum atomic E-state index is -3.59. The Morgan fingerprint density at radius 1 is 1.07 bits per heavy atom. The molecule has 1 aliphatic heterocycles. The maximum atomic E-state index is 13.8. The summed E-state index contributed by atoms with van der Waals surface area (Å²) in [6, 6.07) is 13.3. The lowest BCUT2D eigenvalue weighted by atomic mass is 9.87. The first-order valence-corrected chi connectivity index (χ1v) is 14.6. The van der Waals surface area contributed by atoms with E-state index in [-0.39, 0.29) is 36.4 Å². The number of benzene rings is 2. The first kappa shape index (κ1) is 34.4. The van der Waals surface area contributed by atoms with Gasteiger partial charge in [-0.2, -0.15) is 19.2 Å². The number of sulfone groups is 1. The van der Waals surface area contributed by atoms with E-state index in [2.05, 4.69) is 19.2 Å². The molecule has 1 N–H and O–H groups in total. The topological polar surface area (TPSA) is 144 Å². The van der Waals surface area contributed by atoms with Crippen molar-refractivity contribution in [2.45, 2.75) is 68.8 Å². The summed E-state index contributed by atoms with van der Waals surface area (Å²) in [5.74, 6) is 0.656. The van der Waals surface area contributed by atoms with Crippen molar-refractivity contribution in [2.24, 2.45) is 0 Å². The number of hydrogen-bond acceptors (Lipinski definition) is 9. The predicted molar refractivity (Wildman–Crippen MR) is 146 cm³/mol. The number of aryl methyl sites for hydroxylation is 1. The van der Waals surface area contributed by atoms with Crippen LogP contribution >= 0.6 is 0 Å². The van der Waals surface area contributed by atoms with Gasteiger partial charge in [-0.25, -0.2) is 8.42 Å². The van der Waals surface area contributed by atoms with Crippen LogP contribution in [0.2, 0.25) is 0 Å². The van der Waals surface area contributed by atoms with Crippen molar-refractivity contribution in [3.63, 3.8) is 0 Å². The van der Waals surface area contributed by atoms with Gasteiger partial charge in [0, 0.05) is 26.1 Å². The molecule has 2 atom stereocenters. The number of unbranched alkanes of at least 4 members (excludes halogenated alkanes) is 1. The lowest BCUT2D eigenvalue weighted by molar-refractivity contribution is -0.193. The van der Waals surface area contributed by atoms with Gasteiger partial charge in [-0.1, -0.05) is 57.0 Å². The van der Waals surface area contributed by atoms with Crippen LogP contribution in [0.3, 0.4) is 0 Å². The molecule has 11 heteroatoms. The Bertz CT molecular complexity index is 1270. The summed E-state index contributed by atoms with van der Waals surface area (Å²) in [6.45, 7) is 4.19. The zero-order valence-electron chi connectivity index (χ0n) is 23.7. The molecule has 40 heavy (non-hydrogen) atoms. The fraction of sp³-hybridized carbons (Fsp3) is 0.483. The van der Waals surface area contributed by atoms with Crippen molar-refractivity contribution in [1.82, 2.24) is 10.2 Å². The van der Waals surface area contributed by atoms with Gasteiger partial charge in [0.1, 0.15) is 5.75 Å².